The molecule has 435 valence electrons. The molecule has 2 saturated heterocycles. The summed E-state index contributed by atoms with van der Waals surface area (Å²) in [6.45, 7) is -1.32. The maximum atomic E-state index is 14.3. The van der Waals surface area contributed by atoms with E-state index in [0.717, 1.165) is 0 Å². The summed E-state index contributed by atoms with van der Waals surface area (Å²) in [5.74, 6) is -6.32. The number of ether oxygens (including phenoxy) is 10. The Balaban J connectivity index is 0.00000940. The van der Waals surface area contributed by atoms with Crippen molar-refractivity contribution in [1.29, 1.82) is 0 Å². The van der Waals surface area contributed by atoms with Crippen molar-refractivity contribution in [3.05, 3.63) is 251 Å². The van der Waals surface area contributed by atoms with Crippen LogP contribution in [0.3, 0.4) is 0 Å². The highest BCUT2D eigenvalue weighted by Gasteiger charge is 2.56. The van der Waals surface area contributed by atoms with Crippen molar-refractivity contribution < 1.29 is 94.5 Å². The van der Waals surface area contributed by atoms with Gasteiger partial charge in [-0.05, 0) is 84.9 Å². The molecule has 85 heavy (non-hydrogen) atoms. The van der Waals surface area contributed by atoms with Crippen molar-refractivity contribution >= 4 is 58.8 Å². The lowest BCUT2D eigenvalue weighted by Gasteiger charge is -2.45. The fourth-order valence-corrected chi connectivity index (χ4v) is 9.72. The normalized spacial score (nSPS) is 21.9. The molecule has 22 heteroatoms. The minimum absolute atomic E-state index is 0. The molecule has 1 unspecified atom stereocenters. The lowest BCUT2D eigenvalue weighted by molar-refractivity contribution is -0.292. The first kappa shape index (κ1) is 62.1. The van der Waals surface area contributed by atoms with Crippen LogP contribution >= 0.6 is 8.60 Å². The summed E-state index contributed by atoms with van der Waals surface area (Å²) in [6, 6.07) is 55.1. The van der Waals surface area contributed by atoms with Gasteiger partial charge in [-0.3, -0.25) is 4.52 Å². The smallest absolute Gasteiger partial charge is 0.338 e. The molecular formula is C63H55BO20P. The van der Waals surface area contributed by atoms with Crippen LogP contribution in [0.2, 0.25) is 0 Å². The summed E-state index contributed by atoms with van der Waals surface area (Å²) in [7, 11) is -0.340. The van der Waals surface area contributed by atoms with Crippen molar-refractivity contribution in [3.63, 3.8) is 0 Å². The number of esters is 7. The molecule has 0 N–H and O–H groups in total. The Kier molecular flexibility index (Phi) is 22.4. The molecule has 11 atom stereocenters. The third-order valence-corrected chi connectivity index (χ3v) is 14.0. The molecule has 2 aliphatic heterocycles. The number of benzene rings is 7. The van der Waals surface area contributed by atoms with Gasteiger partial charge in [0.2, 0.25) is 6.29 Å². The van der Waals surface area contributed by atoms with Crippen molar-refractivity contribution in [3.8, 4) is 0 Å². The van der Waals surface area contributed by atoms with E-state index in [9.17, 15) is 33.6 Å². The molecule has 0 aliphatic carbocycles. The quantitative estimate of drug-likeness (QED) is 0.0266. The number of carbonyl (C=O) groups excluding carboxylic acids is 7. The van der Waals surface area contributed by atoms with Crippen LogP contribution in [0.15, 0.2) is 212 Å². The average molecular weight is 1170 g/mol. The fraction of sp³-hybridized carbons (Fsp3) is 0.222. The van der Waals surface area contributed by atoms with Crippen molar-refractivity contribution in [2.24, 2.45) is 0 Å². The van der Waals surface area contributed by atoms with E-state index in [1.807, 2.05) is 0 Å². The second-order valence-electron chi connectivity index (χ2n) is 18.5. The van der Waals surface area contributed by atoms with Gasteiger partial charge in [0.05, 0.1) is 45.6 Å². The number of methoxy groups -OCH3 is 1. The zero-order valence-electron chi connectivity index (χ0n) is 45.6. The predicted octanol–water partition coefficient (Wildman–Crippen LogP) is 8.82. The zero-order chi connectivity index (χ0) is 58.8. The molecule has 0 aromatic heterocycles. The van der Waals surface area contributed by atoms with E-state index in [0.29, 0.717) is 0 Å². The van der Waals surface area contributed by atoms with Crippen LogP contribution in [-0.4, -0.2) is 139 Å². The van der Waals surface area contributed by atoms with Crippen molar-refractivity contribution in [2.45, 2.75) is 61.4 Å². The van der Waals surface area contributed by atoms with Gasteiger partial charge in [-0.2, -0.15) is 0 Å². The SMILES string of the molecule is CO[C@H]1O[C@H](COP(OC)O[C@H]2O[C@H](COC(=O)c3ccccc3)[C@@H](OC(=O)c3ccccc3)[C@H](OC(=O)c3ccccc3)[C@@H]2OC(=O)c2ccccc2)[C@H](OC(=O)c2ccccc2)[C@H](OC(=O)c2ccccc2)[C@H]1OC(=O)c1ccccc1.[B]. The standard InChI is InChI=1S/C63H55O20P.B/c1-71-62-53(81-60(69)45-34-20-8-21-35-45)51(79-58(67)43-30-16-6-17-31-43)50(78-57(66)42-28-14-5-15-29-42)48(75-62)39-74-84(72-2)83-63-54(82-61(70)46-36-22-9-23-37-46)52(80-59(68)44-32-18-7-19-33-44)49(77-56(65)41-26-12-4-13-27-41)47(76-63)38-73-55(64)40-24-10-3-11-25-40;/h3-37,47-54,62-63H,38-39H2,1-2H3;/t47-,48-,49-,50+,51+,52+,53-,54+,62+,63-,84?;/m1./s1. The zero-order valence-corrected chi connectivity index (χ0v) is 46.5. The Hall–Kier alpha value is -8.92. The Morgan fingerprint density at radius 1 is 0.341 bits per heavy atom. The predicted molar refractivity (Wildman–Crippen MR) is 302 cm³/mol. The van der Waals surface area contributed by atoms with Gasteiger partial charge in [-0.25, -0.2) is 33.6 Å². The molecule has 0 amide bonds. The molecule has 2 fully saturated rings. The van der Waals surface area contributed by atoms with E-state index in [1.165, 1.54) is 99.1 Å². The summed E-state index contributed by atoms with van der Waals surface area (Å²) in [6.07, 6.45) is -16.8. The molecule has 0 bridgehead atoms. The number of hydrogen-bond donors (Lipinski definition) is 0. The topological polar surface area (TPSA) is 239 Å². The summed E-state index contributed by atoms with van der Waals surface area (Å²) >= 11 is 0. The van der Waals surface area contributed by atoms with E-state index in [-0.39, 0.29) is 47.4 Å². The molecule has 2 aliphatic rings. The van der Waals surface area contributed by atoms with E-state index in [1.54, 1.807) is 127 Å². The second kappa shape index (κ2) is 30.6. The molecule has 2 heterocycles. The van der Waals surface area contributed by atoms with E-state index in [2.05, 4.69) is 0 Å². The Labute approximate surface area is 491 Å². The molecular weight excluding hydrogens is 1120 g/mol. The minimum atomic E-state index is -2.79. The number of rotatable bonds is 22. The first-order chi connectivity index (χ1) is 41.0. The number of hydrogen-bond acceptors (Lipinski definition) is 20. The third kappa shape index (κ3) is 16.3. The molecule has 7 aromatic rings. The van der Waals surface area contributed by atoms with E-state index < -0.39 is 125 Å². The van der Waals surface area contributed by atoms with Gasteiger partial charge in [0.25, 0.3) is 0 Å². The summed E-state index contributed by atoms with van der Waals surface area (Å²) < 4.78 is 80.0. The van der Waals surface area contributed by atoms with Gasteiger partial charge < -0.3 is 56.4 Å². The first-order valence-electron chi connectivity index (χ1n) is 26.2. The Morgan fingerprint density at radius 3 is 0.906 bits per heavy atom. The van der Waals surface area contributed by atoms with E-state index >= 15 is 0 Å². The lowest BCUT2D eigenvalue weighted by Crippen LogP contribution is -2.63. The Bertz CT molecular complexity index is 3300. The summed E-state index contributed by atoms with van der Waals surface area (Å²) in [5, 5.41) is 0. The average Bonchev–Trinajstić information content (AvgIpc) is 3.18. The van der Waals surface area contributed by atoms with Gasteiger partial charge in [0.1, 0.15) is 18.8 Å². The monoisotopic (exact) mass is 1170 g/mol. The van der Waals surface area contributed by atoms with Gasteiger partial charge in [-0.15, -0.1) is 0 Å². The molecule has 3 radical (unpaired) electrons. The highest BCUT2D eigenvalue weighted by molar-refractivity contribution is 7.41. The van der Waals surface area contributed by atoms with Gasteiger partial charge in [0.15, 0.2) is 42.9 Å². The highest BCUT2D eigenvalue weighted by atomic mass is 31.2. The van der Waals surface area contributed by atoms with Gasteiger partial charge in [-0.1, -0.05) is 127 Å². The minimum Gasteiger partial charge on any atom is -0.459 e. The maximum absolute atomic E-state index is 14.3. The van der Waals surface area contributed by atoms with Crippen LogP contribution in [0.4, 0.5) is 0 Å². The molecule has 7 aromatic carbocycles. The number of carbonyl (C=O) groups is 7. The highest BCUT2D eigenvalue weighted by Crippen LogP contribution is 2.45. The van der Waals surface area contributed by atoms with Gasteiger partial charge in [0, 0.05) is 22.6 Å². The van der Waals surface area contributed by atoms with Crippen LogP contribution in [0.5, 0.6) is 0 Å². The maximum Gasteiger partial charge on any atom is 0.338 e. The van der Waals surface area contributed by atoms with Crippen LogP contribution in [0.1, 0.15) is 72.5 Å². The van der Waals surface area contributed by atoms with Crippen LogP contribution in [-0.2, 0) is 60.9 Å². The first-order valence-corrected chi connectivity index (χ1v) is 27.3. The summed E-state index contributed by atoms with van der Waals surface area (Å²) in [5.41, 5.74) is 0.623. The molecule has 20 nitrogen and oxygen atoms in total. The van der Waals surface area contributed by atoms with Gasteiger partial charge >= 0.3 is 50.4 Å². The fourth-order valence-electron chi connectivity index (χ4n) is 8.86. The third-order valence-electron chi connectivity index (χ3n) is 13.0. The molecule has 0 saturated carbocycles. The van der Waals surface area contributed by atoms with Crippen LogP contribution < -0.4 is 0 Å². The van der Waals surface area contributed by atoms with Crippen LogP contribution in [0, 0.1) is 0 Å². The largest absolute Gasteiger partial charge is 0.459 e. The van der Waals surface area contributed by atoms with Crippen molar-refractivity contribution in [1.82, 2.24) is 0 Å². The summed E-state index contributed by atoms with van der Waals surface area (Å²) in [4.78, 5) is 98.3. The van der Waals surface area contributed by atoms with Crippen LogP contribution in [0.25, 0.3) is 0 Å². The molecule has 9 rings (SSSR count). The van der Waals surface area contributed by atoms with E-state index in [4.69, 9.17) is 60.9 Å². The molecule has 0 spiro atoms. The lowest BCUT2D eigenvalue weighted by atomic mass is 9.97. The Morgan fingerprint density at radius 2 is 0.600 bits per heavy atom. The van der Waals surface area contributed by atoms with Crippen molar-refractivity contribution in [2.75, 3.05) is 27.4 Å². The second-order valence-corrected chi connectivity index (χ2v) is 19.8.